The molecule has 0 bridgehead atoms. The largest absolute Gasteiger partial charge is 0.305 e. The van der Waals surface area contributed by atoms with E-state index in [4.69, 9.17) is 0 Å². The molecule has 0 aliphatic heterocycles. The topological polar surface area (TPSA) is 17.8 Å². The molecule has 1 aromatic carbocycles. The van der Waals surface area contributed by atoms with E-state index in [9.17, 15) is 0 Å². The van der Waals surface area contributed by atoms with Crippen molar-refractivity contribution in [3.8, 4) is 5.69 Å². The van der Waals surface area contributed by atoms with Crippen LogP contribution in [0.4, 0.5) is 0 Å². The Bertz CT molecular complexity index is 407. The van der Waals surface area contributed by atoms with Gasteiger partial charge < -0.3 is 4.57 Å². The second-order valence-electron chi connectivity index (χ2n) is 2.96. The minimum Gasteiger partial charge on any atom is -0.305 e. The summed E-state index contributed by atoms with van der Waals surface area (Å²) in [5.74, 6) is 0. The van der Waals surface area contributed by atoms with E-state index in [-0.39, 0.29) is 0 Å². The zero-order valence-corrected chi connectivity index (χ0v) is 8.20. The van der Waals surface area contributed by atoms with Crippen LogP contribution in [0.15, 0.2) is 41.8 Å². The second kappa shape index (κ2) is 3.26. The first kappa shape index (κ1) is 8.38. The van der Waals surface area contributed by atoms with Crippen molar-refractivity contribution in [1.82, 2.24) is 9.55 Å². The molecule has 0 fully saturated rings. The van der Waals surface area contributed by atoms with Crippen molar-refractivity contribution in [2.45, 2.75) is 11.8 Å². The molecule has 2 nitrogen and oxygen atoms in total. The maximum atomic E-state index is 4.41. The van der Waals surface area contributed by atoms with Gasteiger partial charge in [0.1, 0.15) is 0 Å². The molecule has 0 N–H and O–H groups in total. The van der Waals surface area contributed by atoms with Crippen LogP contribution in [0.3, 0.4) is 0 Å². The summed E-state index contributed by atoms with van der Waals surface area (Å²) in [5, 5.41) is 0. The molecule has 2 rings (SSSR count). The Morgan fingerprint density at radius 2 is 2.23 bits per heavy atom. The molecule has 1 aromatic heterocycles. The van der Waals surface area contributed by atoms with E-state index in [0.29, 0.717) is 0 Å². The molecule has 13 heavy (non-hydrogen) atoms. The quantitative estimate of drug-likeness (QED) is 0.684. The Morgan fingerprint density at radius 1 is 1.38 bits per heavy atom. The molecule has 66 valence electrons. The van der Waals surface area contributed by atoms with Gasteiger partial charge in [0.25, 0.3) is 0 Å². The van der Waals surface area contributed by atoms with Gasteiger partial charge in [0.2, 0.25) is 0 Å². The Kier molecular flexibility index (Phi) is 2.10. The summed E-state index contributed by atoms with van der Waals surface area (Å²) in [6, 6.07) is 6.15. The highest BCUT2D eigenvalue weighted by Crippen LogP contribution is 2.19. The fourth-order valence-electron chi connectivity index (χ4n) is 1.25. The number of rotatable bonds is 1. The Hall–Kier alpha value is -1.22. The van der Waals surface area contributed by atoms with Crippen LogP contribution >= 0.6 is 12.6 Å². The predicted octanol–water partition coefficient (Wildman–Crippen LogP) is 2.47. The number of nitrogens with zero attached hydrogens (tertiary/aromatic N) is 2. The van der Waals surface area contributed by atoms with Gasteiger partial charge in [-0.2, -0.15) is 0 Å². The number of hydrogen-bond donors (Lipinski definition) is 1. The van der Waals surface area contributed by atoms with Gasteiger partial charge in [-0.05, 0) is 24.6 Å². The number of aromatic nitrogens is 2. The average Bonchev–Trinajstić information content (AvgIpc) is 2.56. The molecule has 0 radical (unpaired) electrons. The zero-order valence-electron chi connectivity index (χ0n) is 7.31. The molecule has 0 aliphatic carbocycles. The van der Waals surface area contributed by atoms with Crippen molar-refractivity contribution in [2.75, 3.05) is 0 Å². The van der Waals surface area contributed by atoms with Gasteiger partial charge in [0, 0.05) is 17.3 Å². The minimum absolute atomic E-state index is 0.970. The van der Waals surface area contributed by atoms with Crippen LogP contribution in [0.25, 0.3) is 5.69 Å². The van der Waals surface area contributed by atoms with E-state index in [1.54, 1.807) is 12.5 Å². The van der Waals surface area contributed by atoms with Crippen LogP contribution in [0.5, 0.6) is 0 Å². The van der Waals surface area contributed by atoms with Gasteiger partial charge in [0.05, 0.1) is 12.0 Å². The van der Waals surface area contributed by atoms with Gasteiger partial charge in [-0.3, -0.25) is 0 Å². The lowest BCUT2D eigenvalue weighted by molar-refractivity contribution is 1.02. The summed E-state index contributed by atoms with van der Waals surface area (Å²) in [6.07, 6.45) is 5.43. The van der Waals surface area contributed by atoms with E-state index in [1.165, 1.54) is 5.56 Å². The van der Waals surface area contributed by atoms with Crippen molar-refractivity contribution in [1.29, 1.82) is 0 Å². The average molecular weight is 190 g/mol. The van der Waals surface area contributed by atoms with E-state index in [1.807, 2.05) is 22.9 Å². The highest BCUT2D eigenvalue weighted by Gasteiger charge is 1.99. The van der Waals surface area contributed by atoms with Gasteiger partial charge in [0.15, 0.2) is 0 Å². The molecule has 0 unspecified atom stereocenters. The standard InChI is InChI=1S/C10H10N2S/c1-8-2-3-9(10(13)6-8)12-5-4-11-7-12/h2-7,13H,1H3. The van der Waals surface area contributed by atoms with Crippen LogP contribution in [0, 0.1) is 6.92 Å². The normalized spacial score (nSPS) is 10.3. The predicted molar refractivity (Wildman–Crippen MR) is 55.6 cm³/mol. The molecule has 3 heteroatoms. The number of thiol groups is 1. The van der Waals surface area contributed by atoms with Crippen molar-refractivity contribution in [3.05, 3.63) is 42.5 Å². The van der Waals surface area contributed by atoms with Crippen LogP contribution in [0.1, 0.15) is 5.56 Å². The maximum Gasteiger partial charge on any atom is 0.0992 e. The third kappa shape index (κ3) is 1.60. The second-order valence-corrected chi connectivity index (χ2v) is 3.44. The molecule has 0 saturated carbocycles. The third-order valence-corrected chi connectivity index (χ3v) is 2.27. The van der Waals surface area contributed by atoms with E-state index in [2.05, 4.69) is 30.6 Å². The first-order valence-corrected chi connectivity index (χ1v) is 4.50. The minimum atomic E-state index is 0.970. The van der Waals surface area contributed by atoms with Crippen LogP contribution < -0.4 is 0 Å². The Labute approximate surface area is 82.6 Å². The van der Waals surface area contributed by atoms with Crippen LogP contribution in [-0.2, 0) is 0 Å². The first-order chi connectivity index (χ1) is 6.27. The van der Waals surface area contributed by atoms with Crippen molar-refractivity contribution < 1.29 is 0 Å². The number of imidazole rings is 1. The van der Waals surface area contributed by atoms with Crippen LogP contribution in [-0.4, -0.2) is 9.55 Å². The summed E-state index contributed by atoms with van der Waals surface area (Å²) in [5.41, 5.74) is 2.28. The van der Waals surface area contributed by atoms with E-state index < -0.39 is 0 Å². The van der Waals surface area contributed by atoms with Gasteiger partial charge >= 0.3 is 0 Å². The Balaban J connectivity index is 2.53. The molecule has 2 aromatic rings. The number of hydrogen-bond acceptors (Lipinski definition) is 2. The van der Waals surface area contributed by atoms with Crippen molar-refractivity contribution in [3.63, 3.8) is 0 Å². The molecule has 0 saturated heterocycles. The lowest BCUT2D eigenvalue weighted by Gasteiger charge is -2.05. The highest BCUT2D eigenvalue weighted by atomic mass is 32.1. The van der Waals surface area contributed by atoms with Gasteiger partial charge in [-0.1, -0.05) is 6.07 Å². The monoisotopic (exact) mass is 190 g/mol. The lowest BCUT2D eigenvalue weighted by atomic mass is 10.2. The van der Waals surface area contributed by atoms with Gasteiger partial charge in [-0.25, -0.2) is 4.98 Å². The summed E-state index contributed by atoms with van der Waals surface area (Å²) < 4.78 is 1.95. The highest BCUT2D eigenvalue weighted by molar-refractivity contribution is 7.80. The fraction of sp³-hybridized carbons (Fsp3) is 0.100. The molecule has 0 amide bonds. The van der Waals surface area contributed by atoms with E-state index >= 15 is 0 Å². The summed E-state index contributed by atoms with van der Waals surface area (Å²) in [4.78, 5) is 4.96. The summed E-state index contributed by atoms with van der Waals surface area (Å²) in [6.45, 7) is 2.05. The molecule has 1 heterocycles. The molecule has 0 atom stereocenters. The molecular formula is C10H10N2S. The fourth-order valence-corrected chi connectivity index (χ4v) is 1.65. The van der Waals surface area contributed by atoms with E-state index in [0.717, 1.165) is 10.6 Å². The van der Waals surface area contributed by atoms with Crippen LogP contribution in [0.2, 0.25) is 0 Å². The SMILES string of the molecule is Cc1ccc(-n2ccnc2)c(S)c1. The molecule has 0 spiro atoms. The molecule has 0 aliphatic rings. The third-order valence-electron chi connectivity index (χ3n) is 1.91. The molecular weight excluding hydrogens is 180 g/mol. The maximum absolute atomic E-state index is 4.41. The number of benzene rings is 1. The smallest absolute Gasteiger partial charge is 0.0992 e. The van der Waals surface area contributed by atoms with Crippen molar-refractivity contribution in [2.24, 2.45) is 0 Å². The van der Waals surface area contributed by atoms with Crippen molar-refractivity contribution >= 4 is 12.6 Å². The number of aryl methyl sites for hydroxylation is 1. The zero-order chi connectivity index (χ0) is 9.26. The van der Waals surface area contributed by atoms with Gasteiger partial charge in [-0.15, -0.1) is 12.6 Å². The lowest BCUT2D eigenvalue weighted by Crippen LogP contribution is -1.91. The first-order valence-electron chi connectivity index (χ1n) is 4.05. The summed E-state index contributed by atoms with van der Waals surface area (Å²) in [7, 11) is 0. The summed E-state index contributed by atoms with van der Waals surface area (Å²) >= 11 is 4.41. The Morgan fingerprint density at radius 3 is 2.85 bits per heavy atom.